The number of esters is 1. The molecular formula is C33H42O8. The predicted octanol–water partition coefficient (Wildman–Crippen LogP) is 6.07. The van der Waals surface area contributed by atoms with Gasteiger partial charge in [-0.2, -0.15) is 0 Å². The summed E-state index contributed by atoms with van der Waals surface area (Å²) >= 11 is 0. The van der Waals surface area contributed by atoms with Gasteiger partial charge in [0.1, 0.15) is 23.9 Å². The Morgan fingerprint density at radius 2 is 1.07 bits per heavy atom. The molecule has 0 radical (unpaired) electrons. The van der Waals surface area contributed by atoms with Crippen LogP contribution in [0.5, 0.6) is 17.2 Å². The minimum atomic E-state index is -0.410. The van der Waals surface area contributed by atoms with E-state index in [4.69, 9.17) is 33.2 Å². The van der Waals surface area contributed by atoms with Crippen molar-refractivity contribution in [3.05, 3.63) is 78.4 Å². The van der Waals surface area contributed by atoms with Crippen LogP contribution in [-0.2, 0) is 18.9 Å². The molecule has 0 aliphatic heterocycles. The highest BCUT2D eigenvalue weighted by Gasteiger charge is 2.10. The minimum absolute atomic E-state index is 0.410. The third-order valence-corrected chi connectivity index (χ3v) is 6.25. The zero-order chi connectivity index (χ0) is 29.1. The molecule has 0 saturated heterocycles. The fourth-order valence-electron chi connectivity index (χ4n) is 3.57. The molecule has 3 aromatic rings. The van der Waals surface area contributed by atoms with E-state index in [0.717, 1.165) is 29.0 Å². The number of carbonyl (C=O) groups is 1. The van der Waals surface area contributed by atoms with E-state index in [2.05, 4.69) is 13.8 Å². The van der Waals surface area contributed by atoms with E-state index < -0.39 is 5.97 Å². The highest BCUT2D eigenvalue weighted by atomic mass is 16.6. The third kappa shape index (κ3) is 12.3. The second-order valence-corrected chi connectivity index (χ2v) is 9.47. The summed E-state index contributed by atoms with van der Waals surface area (Å²) < 4.78 is 38.3. The average molecular weight is 567 g/mol. The van der Waals surface area contributed by atoms with Crippen molar-refractivity contribution < 1.29 is 38.0 Å². The van der Waals surface area contributed by atoms with E-state index >= 15 is 0 Å². The van der Waals surface area contributed by atoms with Crippen LogP contribution in [0.15, 0.2) is 72.8 Å². The van der Waals surface area contributed by atoms with Gasteiger partial charge in [0.15, 0.2) is 0 Å². The molecule has 41 heavy (non-hydrogen) atoms. The van der Waals surface area contributed by atoms with Crippen molar-refractivity contribution in [1.82, 2.24) is 0 Å². The first-order valence-electron chi connectivity index (χ1n) is 14.1. The van der Waals surface area contributed by atoms with Crippen LogP contribution in [0.2, 0.25) is 0 Å². The molecule has 0 spiro atoms. The van der Waals surface area contributed by atoms with E-state index in [-0.39, 0.29) is 0 Å². The largest absolute Gasteiger partial charge is 0.493 e. The predicted molar refractivity (Wildman–Crippen MR) is 158 cm³/mol. The monoisotopic (exact) mass is 566 g/mol. The topological polar surface area (TPSA) is 81.7 Å². The van der Waals surface area contributed by atoms with Crippen LogP contribution in [0.25, 0.3) is 11.1 Å². The number of benzene rings is 3. The van der Waals surface area contributed by atoms with Gasteiger partial charge in [0, 0.05) is 7.11 Å². The number of methoxy groups -OCH3 is 1. The van der Waals surface area contributed by atoms with Gasteiger partial charge in [-0.3, -0.25) is 0 Å². The lowest BCUT2D eigenvalue weighted by Crippen LogP contribution is -2.13. The highest BCUT2D eigenvalue weighted by Crippen LogP contribution is 2.25. The van der Waals surface area contributed by atoms with E-state index in [1.165, 1.54) is 0 Å². The molecule has 222 valence electrons. The molecule has 0 aromatic heterocycles. The first-order chi connectivity index (χ1) is 20.1. The van der Waals surface area contributed by atoms with E-state index in [0.29, 0.717) is 76.7 Å². The summed E-state index contributed by atoms with van der Waals surface area (Å²) in [5.74, 6) is 2.07. The van der Waals surface area contributed by atoms with Crippen molar-refractivity contribution >= 4 is 5.97 Å². The van der Waals surface area contributed by atoms with Gasteiger partial charge in [-0.05, 0) is 65.6 Å². The molecule has 1 atom stereocenters. The van der Waals surface area contributed by atoms with Crippen LogP contribution in [0, 0.1) is 5.92 Å². The normalized spacial score (nSPS) is 11.7. The third-order valence-electron chi connectivity index (χ3n) is 6.25. The number of ether oxygens (including phenoxy) is 7. The molecule has 8 nitrogen and oxygen atoms in total. The Kier molecular flexibility index (Phi) is 14.7. The van der Waals surface area contributed by atoms with Gasteiger partial charge in [-0.1, -0.05) is 44.5 Å². The second kappa shape index (κ2) is 18.8. The first kappa shape index (κ1) is 32.1. The van der Waals surface area contributed by atoms with E-state index in [9.17, 15) is 4.79 Å². The van der Waals surface area contributed by atoms with Crippen LogP contribution < -0.4 is 14.2 Å². The van der Waals surface area contributed by atoms with Crippen LogP contribution in [0.1, 0.15) is 30.6 Å². The molecule has 0 heterocycles. The van der Waals surface area contributed by atoms with Crippen LogP contribution >= 0.6 is 0 Å². The molecule has 0 saturated carbocycles. The van der Waals surface area contributed by atoms with Gasteiger partial charge >= 0.3 is 5.97 Å². The maximum absolute atomic E-state index is 12.6. The summed E-state index contributed by atoms with van der Waals surface area (Å²) in [6.07, 6.45) is 1.06. The molecule has 3 aromatic carbocycles. The molecule has 8 heteroatoms. The van der Waals surface area contributed by atoms with Crippen molar-refractivity contribution in [2.45, 2.75) is 20.3 Å². The maximum atomic E-state index is 12.6. The number of hydrogen-bond donors (Lipinski definition) is 0. The van der Waals surface area contributed by atoms with Crippen molar-refractivity contribution in [2.24, 2.45) is 5.92 Å². The van der Waals surface area contributed by atoms with Gasteiger partial charge < -0.3 is 33.2 Å². The molecule has 0 aliphatic carbocycles. The van der Waals surface area contributed by atoms with Crippen molar-refractivity contribution in [1.29, 1.82) is 0 Å². The van der Waals surface area contributed by atoms with Crippen LogP contribution in [0.3, 0.4) is 0 Å². The van der Waals surface area contributed by atoms with Gasteiger partial charge in [0.25, 0.3) is 0 Å². The number of carbonyl (C=O) groups excluding carboxylic acids is 1. The summed E-state index contributed by atoms with van der Waals surface area (Å²) in [5, 5.41) is 0. The Balaban J connectivity index is 1.33. The molecular weight excluding hydrogens is 524 g/mol. The lowest BCUT2D eigenvalue weighted by atomic mass is 10.1. The fraction of sp³-hybridized carbons (Fsp3) is 0.424. The fourth-order valence-corrected chi connectivity index (χ4v) is 3.57. The summed E-state index contributed by atoms with van der Waals surface area (Å²) in [4.78, 5) is 12.6. The Bertz CT molecular complexity index is 1110. The summed E-state index contributed by atoms with van der Waals surface area (Å²) in [5.41, 5.74) is 2.51. The Hall–Kier alpha value is -3.43. The molecule has 3 rings (SSSR count). The van der Waals surface area contributed by atoms with Crippen LogP contribution in [-0.4, -0.2) is 72.5 Å². The smallest absolute Gasteiger partial charge is 0.343 e. The molecule has 0 bridgehead atoms. The van der Waals surface area contributed by atoms with E-state index in [1.54, 1.807) is 43.5 Å². The van der Waals surface area contributed by atoms with E-state index in [1.807, 2.05) is 36.4 Å². The SMILES string of the molecule is CCC(C)COc1ccc(C(=O)Oc2ccc(-c3ccc(OCCOCCOCCOCCOC)cc3)cc2)cc1. The Morgan fingerprint density at radius 1 is 0.610 bits per heavy atom. The zero-order valence-corrected chi connectivity index (χ0v) is 24.3. The Labute approximate surface area is 243 Å². The number of hydrogen-bond acceptors (Lipinski definition) is 8. The average Bonchev–Trinajstić information content (AvgIpc) is 3.01. The molecule has 0 aliphatic rings. The minimum Gasteiger partial charge on any atom is -0.493 e. The quantitative estimate of drug-likeness (QED) is 0.0926. The van der Waals surface area contributed by atoms with Crippen molar-refractivity contribution in [3.8, 4) is 28.4 Å². The summed E-state index contributed by atoms with van der Waals surface area (Å²) in [7, 11) is 1.64. The van der Waals surface area contributed by atoms with Gasteiger partial charge in [0.05, 0.1) is 58.4 Å². The maximum Gasteiger partial charge on any atom is 0.343 e. The second-order valence-electron chi connectivity index (χ2n) is 9.47. The van der Waals surface area contributed by atoms with Crippen LogP contribution in [0.4, 0.5) is 0 Å². The molecule has 0 N–H and O–H groups in total. The Morgan fingerprint density at radius 3 is 1.61 bits per heavy atom. The van der Waals surface area contributed by atoms with Gasteiger partial charge in [0.2, 0.25) is 0 Å². The number of rotatable bonds is 20. The zero-order valence-electron chi connectivity index (χ0n) is 24.3. The molecule has 0 fully saturated rings. The van der Waals surface area contributed by atoms with Crippen molar-refractivity contribution in [2.75, 3.05) is 66.6 Å². The first-order valence-corrected chi connectivity index (χ1v) is 14.1. The van der Waals surface area contributed by atoms with Crippen molar-refractivity contribution in [3.63, 3.8) is 0 Å². The standard InChI is InChI=1S/C33H42O8/c1-4-26(2)25-40-31-13-9-29(10-14-31)33(34)41-32-15-7-28(8-16-32)27-5-11-30(12-6-27)39-24-23-38-22-21-37-20-19-36-18-17-35-3/h5-16,26H,4,17-25H2,1-3H3. The highest BCUT2D eigenvalue weighted by molar-refractivity contribution is 5.91. The summed E-state index contributed by atoms with van der Waals surface area (Å²) in [6.45, 7) is 9.12. The molecule has 0 amide bonds. The van der Waals surface area contributed by atoms with Gasteiger partial charge in [-0.25, -0.2) is 4.79 Å². The molecule has 1 unspecified atom stereocenters. The van der Waals surface area contributed by atoms with Gasteiger partial charge in [-0.15, -0.1) is 0 Å². The lowest BCUT2D eigenvalue weighted by molar-refractivity contribution is 0.000164. The summed E-state index contributed by atoms with van der Waals surface area (Å²) in [6, 6.07) is 22.3. The lowest BCUT2D eigenvalue weighted by Gasteiger charge is -2.11.